The predicted octanol–water partition coefficient (Wildman–Crippen LogP) is 2.71. The van der Waals surface area contributed by atoms with Crippen LogP contribution in [0.15, 0.2) is 30.3 Å². The van der Waals surface area contributed by atoms with Crippen LogP contribution in [0.25, 0.3) is 0 Å². The Morgan fingerprint density at radius 2 is 2.00 bits per heavy atom. The van der Waals surface area contributed by atoms with E-state index < -0.39 is 0 Å². The molecule has 0 aromatic heterocycles. The summed E-state index contributed by atoms with van der Waals surface area (Å²) < 4.78 is 0. The average Bonchev–Trinajstić information content (AvgIpc) is 2.85. The van der Waals surface area contributed by atoms with Crippen LogP contribution in [0.3, 0.4) is 0 Å². The van der Waals surface area contributed by atoms with E-state index in [1.54, 1.807) is 0 Å². The summed E-state index contributed by atoms with van der Waals surface area (Å²) in [6, 6.07) is 10.9. The number of hydrogen-bond donors (Lipinski definition) is 1. The number of benzene rings is 1. The molecule has 2 nitrogen and oxygen atoms in total. The number of rotatable bonds is 5. The van der Waals surface area contributed by atoms with Crippen LogP contribution < -0.4 is 5.73 Å². The molecule has 0 saturated carbocycles. The van der Waals surface area contributed by atoms with Gasteiger partial charge in [0.15, 0.2) is 0 Å². The van der Waals surface area contributed by atoms with Crippen LogP contribution in [0.1, 0.15) is 31.7 Å². The summed E-state index contributed by atoms with van der Waals surface area (Å²) in [5.41, 5.74) is 7.37. The fourth-order valence-corrected chi connectivity index (χ4v) is 2.88. The number of likely N-dealkylation sites (tertiary alicyclic amines) is 1. The predicted molar refractivity (Wildman–Crippen MR) is 77.6 cm³/mol. The van der Waals surface area contributed by atoms with Crippen molar-refractivity contribution in [2.24, 2.45) is 17.6 Å². The minimum absolute atomic E-state index is 0.638. The quantitative estimate of drug-likeness (QED) is 0.865. The first-order chi connectivity index (χ1) is 8.70. The first-order valence-corrected chi connectivity index (χ1v) is 7.18. The van der Waals surface area contributed by atoms with Crippen molar-refractivity contribution in [3.8, 4) is 0 Å². The first-order valence-electron chi connectivity index (χ1n) is 7.18. The van der Waals surface area contributed by atoms with Gasteiger partial charge in [-0.05, 0) is 42.8 Å². The van der Waals surface area contributed by atoms with E-state index >= 15 is 0 Å². The molecule has 0 bridgehead atoms. The maximum Gasteiger partial charge on any atom is 0.00509 e. The SMILES string of the molecule is CC(C)C(CN)CN1CCC(c2ccccc2)C1. The van der Waals surface area contributed by atoms with Crippen LogP contribution in [0.4, 0.5) is 0 Å². The highest BCUT2D eigenvalue weighted by molar-refractivity contribution is 5.20. The van der Waals surface area contributed by atoms with Crippen LogP contribution in [0, 0.1) is 11.8 Å². The van der Waals surface area contributed by atoms with Gasteiger partial charge in [-0.25, -0.2) is 0 Å². The van der Waals surface area contributed by atoms with Crippen molar-refractivity contribution < 1.29 is 0 Å². The Labute approximate surface area is 111 Å². The molecule has 1 heterocycles. The normalized spacial score (nSPS) is 22.6. The summed E-state index contributed by atoms with van der Waals surface area (Å²) in [6.45, 7) is 8.96. The minimum atomic E-state index is 0.638. The molecule has 1 aromatic rings. The summed E-state index contributed by atoms with van der Waals surface area (Å²) in [6.07, 6.45) is 1.29. The summed E-state index contributed by atoms with van der Waals surface area (Å²) >= 11 is 0. The second kappa shape index (κ2) is 6.35. The number of nitrogens with two attached hydrogens (primary N) is 1. The second-order valence-corrected chi connectivity index (χ2v) is 5.90. The van der Waals surface area contributed by atoms with Gasteiger partial charge in [0, 0.05) is 13.1 Å². The summed E-state index contributed by atoms with van der Waals surface area (Å²) in [5, 5.41) is 0. The third-order valence-corrected chi connectivity index (χ3v) is 4.28. The van der Waals surface area contributed by atoms with E-state index in [2.05, 4.69) is 49.1 Å². The molecular formula is C16H26N2. The fourth-order valence-electron chi connectivity index (χ4n) is 2.88. The lowest BCUT2D eigenvalue weighted by atomic mass is 9.95. The van der Waals surface area contributed by atoms with Crippen LogP contribution in [0.2, 0.25) is 0 Å². The van der Waals surface area contributed by atoms with Crippen LogP contribution >= 0.6 is 0 Å². The van der Waals surface area contributed by atoms with Gasteiger partial charge in [-0.3, -0.25) is 0 Å². The summed E-state index contributed by atoms with van der Waals surface area (Å²) in [7, 11) is 0. The van der Waals surface area contributed by atoms with Gasteiger partial charge >= 0.3 is 0 Å². The Bertz CT molecular complexity index is 347. The highest BCUT2D eigenvalue weighted by Gasteiger charge is 2.26. The average molecular weight is 246 g/mol. The molecule has 2 heteroatoms. The van der Waals surface area contributed by atoms with Crippen LogP contribution in [0.5, 0.6) is 0 Å². The van der Waals surface area contributed by atoms with Crippen molar-refractivity contribution in [1.82, 2.24) is 4.90 Å². The van der Waals surface area contributed by atoms with E-state index in [0.29, 0.717) is 11.8 Å². The standard InChI is InChI=1S/C16H26N2/c1-13(2)16(10-17)12-18-9-8-15(11-18)14-6-4-3-5-7-14/h3-7,13,15-16H,8-12,17H2,1-2H3. The Balaban J connectivity index is 1.89. The van der Waals surface area contributed by atoms with E-state index in [4.69, 9.17) is 5.73 Å². The topological polar surface area (TPSA) is 29.3 Å². The lowest BCUT2D eigenvalue weighted by Crippen LogP contribution is -2.34. The zero-order chi connectivity index (χ0) is 13.0. The van der Waals surface area contributed by atoms with Crippen molar-refractivity contribution in [3.63, 3.8) is 0 Å². The molecule has 1 aromatic carbocycles. The molecule has 1 aliphatic heterocycles. The summed E-state index contributed by atoms with van der Waals surface area (Å²) in [5.74, 6) is 2.04. The number of nitrogens with zero attached hydrogens (tertiary/aromatic N) is 1. The van der Waals surface area contributed by atoms with E-state index in [1.807, 2.05) is 0 Å². The zero-order valence-corrected chi connectivity index (χ0v) is 11.7. The van der Waals surface area contributed by atoms with E-state index in [0.717, 1.165) is 19.0 Å². The smallest absolute Gasteiger partial charge is 0.00509 e. The molecular weight excluding hydrogens is 220 g/mol. The van der Waals surface area contributed by atoms with Crippen molar-refractivity contribution in [2.45, 2.75) is 26.2 Å². The Hall–Kier alpha value is -0.860. The first kappa shape index (κ1) is 13.6. The Kier molecular flexibility index (Phi) is 4.79. The van der Waals surface area contributed by atoms with Crippen LogP contribution in [-0.2, 0) is 0 Å². The van der Waals surface area contributed by atoms with Gasteiger partial charge in [-0.15, -0.1) is 0 Å². The summed E-state index contributed by atoms with van der Waals surface area (Å²) in [4.78, 5) is 2.59. The number of hydrogen-bond acceptors (Lipinski definition) is 2. The maximum atomic E-state index is 5.87. The third kappa shape index (κ3) is 3.33. The maximum absolute atomic E-state index is 5.87. The highest BCUT2D eigenvalue weighted by Crippen LogP contribution is 2.28. The lowest BCUT2D eigenvalue weighted by molar-refractivity contribution is 0.239. The lowest BCUT2D eigenvalue weighted by Gasteiger charge is -2.25. The largest absolute Gasteiger partial charge is 0.330 e. The van der Waals surface area contributed by atoms with E-state index in [9.17, 15) is 0 Å². The molecule has 0 amide bonds. The van der Waals surface area contributed by atoms with Gasteiger partial charge in [-0.2, -0.15) is 0 Å². The monoisotopic (exact) mass is 246 g/mol. The zero-order valence-electron chi connectivity index (χ0n) is 11.7. The van der Waals surface area contributed by atoms with Gasteiger partial charge < -0.3 is 10.6 Å². The van der Waals surface area contributed by atoms with Crippen molar-refractivity contribution in [1.29, 1.82) is 0 Å². The Morgan fingerprint density at radius 1 is 1.28 bits per heavy atom. The van der Waals surface area contributed by atoms with E-state index in [1.165, 1.54) is 25.1 Å². The van der Waals surface area contributed by atoms with E-state index in [-0.39, 0.29) is 0 Å². The Morgan fingerprint density at radius 3 is 2.61 bits per heavy atom. The van der Waals surface area contributed by atoms with Gasteiger partial charge in [0.1, 0.15) is 0 Å². The minimum Gasteiger partial charge on any atom is -0.330 e. The molecule has 1 fully saturated rings. The molecule has 100 valence electrons. The molecule has 1 aliphatic rings. The molecule has 18 heavy (non-hydrogen) atoms. The fraction of sp³-hybridized carbons (Fsp3) is 0.625. The van der Waals surface area contributed by atoms with Crippen LogP contribution in [-0.4, -0.2) is 31.1 Å². The van der Waals surface area contributed by atoms with Crippen molar-refractivity contribution in [2.75, 3.05) is 26.2 Å². The van der Waals surface area contributed by atoms with Gasteiger partial charge in [0.05, 0.1) is 0 Å². The highest BCUT2D eigenvalue weighted by atomic mass is 15.1. The van der Waals surface area contributed by atoms with Gasteiger partial charge in [0.25, 0.3) is 0 Å². The molecule has 2 rings (SSSR count). The van der Waals surface area contributed by atoms with Crippen molar-refractivity contribution in [3.05, 3.63) is 35.9 Å². The molecule has 2 N–H and O–H groups in total. The molecule has 0 aliphatic carbocycles. The van der Waals surface area contributed by atoms with Gasteiger partial charge in [-0.1, -0.05) is 44.2 Å². The molecule has 0 spiro atoms. The van der Waals surface area contributed by atoms with Gasteiger partial charge in [0.2, 0.25) is 0 Å². The van der Waals surface area contributed by atoms with Crippen molar-refractivity contribution >= 4 is 0 Å². The molecule has 0 radical (unpaired) electrons. The third-order valence-electron chi connectivity index (χ3n) is 4.28. The second-order valence-electron chi connectivity index (χ2n) is 5.90. The molecule has 1 saturated heterocycles. The molecule has 2 unspecified atom stereocenters. The molecule has 2 atom stereocenters.